The number of rotatable bonds is 5. The molecule has 0 aliphatic carbocycles. The lowest BCUT2D eigenvalue weighted by Crippen LogP contribution is -2.06. The zero-order chi connectivity index (χ0) is 17.4. The summed E-state index contributed by atoms with van der Waals surface area (Å²) in [5.74, 6) is 2.82. The molecule has 0 aliphatic heterocycles. The number of benzene rings is 1. The first kappa shape index (κ1) is 15.4. The Bertz CT molecular complexity index is 992. The first-order valence-corrected chi connectivity index (χ1v) is 8.25. The number of ether oxygens (including phenoxy) is 1. The molecule has 0 radical (unpaired) electrons. The van der Waals surface area contributed by atoms with Crippen molar-refractivity contribution in [3.05, 3.63) is 42.9 Å². The molecule has 7 nitrogen and oxygen atoms in total. The van der Waals surface area contributed by atoms with E-state index >= 15 is 0 Å². The fourth-order valence-electron chi connectivity index (χ4n) is 2.86. The van der Waals surface area contributed by atoms with Gasteiger partial charge in [-0.3, -0.25) is 4.57 Å². The van der Waals surface area contributed by atoms with Crippen molar-refractivity contribution in [2.75, 3.05) is 7.11 Å². The number of hydrogen-bond acceptors (Lipinski definition) is 4. The minimum absolute atomic E-state index is 0.504. The van der Waals surface area contributed by atoms with Gasteiger partial charge in [0.2, 0.25) is 0 Å². The maximum atomic E-state index is 5.22. The minimum atomic E-state index is 0.504. The Balaban J connectivity index is 1.74. The fourth-order valence-corrected chi connectivity index (χ4v) is 2.86. The SMILES string of the molecule is COc1ccc(-n2ccnc2-c2nc3c(cnn3CC(C)C)[nH]2)cc1. The molecule has 0 saturated heterocycles. The second kappa shape index (κ2) is 6.08. The summed E-state index contributed by atoms with van der Waals surface area (Å²) in [5.41, 5.74) is 2.77. The van der Waals surface area contributed by atoms with E-state index in [9.17, 15) is 0 Å². The fraction of sp³-hybridized carbons (Fsp3) is 0.278. The van der Waals surface area contributed by atoms with E-state index in [1.54, 1.807) is 13.3 Å². The van der Waals surface area contributed by atoms with Gasteiger partial charge >= 0.3 is 0 Å². The highest BCUT2D eigenvalue weighted by Gasteiger charge is 2.15. The van der Waals surface area contributed by atoms with Gasteiger partial charge < -0.3 is 9.72 Å². The van der Waals surface area contributed by atoms with Crippen molar-refractivity contribution in [2.45, 2.75) is 20.4 Å². The molecular formula is C18H20N6O. The summed E-state index contributed by atoms with van der Waals surface area (Å²) < 4.78 is 9.15. The van der Waals surface area contributed by atoms with Crippen molar-refractivity contribution in [3.8, 4) is 23.1 Å². The first-order chi connectivity index (χ1) is 12.2. The number of H-pyrrole nitrogens is 1. The molecule has 1 N–H and O–H groups in total. The average molecular weight is 336 g/mol. The summed E-state index contributed by atoms with van der Waals surface area (Å²) in [7, 11) is 1.66. The highest BCUT2D eigenvalue weighted by atomic mass is 16.5. The smallest absolute Gasteiger partial charge is 0.180 e. The molecule has 0 amide bonds. The van der Waals surface area contributed by atoms with Gasteiger partial charge in [-0.15, -0.1) is 0 Å². The van der Waals surface area contributed by atoms with Crippen LogP contribution in [0.4, 0.5) is 0 Å². The topological polar surface area (TPSA) is 73.5 Å². The summed E-state index contributed by atoms with van der Waals surface area (Å²) in [6.07, 6.45) is 5.51. The van der Waals surface area contributed by atoms with E-state index < -0.39 is 0 Å². The van der Waals surface area contributed by atoms with Gasteiger partial charge in [-0.2, -0.15) is 5.10 Å². The molecule has 3 heterocycles. The van der Waals surface area contributed by atoms with E-state index in [1.807, 2.05) is 45.9 Å². The predicted octanol–water partition coefficient (Wildman–Crippen LogP) is 3.28. The Morgan fingerprint density at radius 3 is 2.72 bits per heavy atom. The van der Waals surface area contributed by atoms with Crippen LogP contribution in [-0.4, -0.2) is 36.4 Å². The number of aromatic nitrogens is 6. The number of nitrogens with one attached hydrogen (secondary N) is 1. The molecule has 1 aromatic carbocycles. The van der Waals surface area contributed by atoms with Crippen LogP contribution < -0.4 is 4.74 Å². The van der Waals surface area contributed by atoms with E-state index in [0.29, 0.717) is 5.92 Å². The molecule has 0 atom stereocenters. The van der Waals surface area contributed by atoms with Gasteiger partial charge in [0, 0.05) is 24.6 Å². The zero-order valence-electron chi connectivity index (χ0n) is 14.5. The third-order valence-corrected chi connectivity index (χ3v) is 4.02. The van der Waals surface area contributed by atoms with Crippen LogP contribution in [0, 0.1) is 5.92 Å². The Morgan fingerprint density at radius 2 is 2.00 bits per heavy atom. The molecule has 4 aromatic rings. The van der Waals surface area contributed by atoms with Crippen LogP contribution in [0.1, 0.15) is 13.8 Å². The number of nitrogens with zero attached hydrogens (tertiary/aromatic N) is 5. The Kier molecular flexibility index (Phi) is 3.76. The van der Waals surface area contributed by atoms with Crippen LogP contribution in [0.15, 0.2) is 42.9 Å². The summed E-state index contributed by atoms with van der Waals surface area (Å²) in [6, 6.07) is 7.84. The molecule has 128 valence electrons. The standard InChI is InChI=1S/C18H20N6O/c1-12(2)11-24-17-15(10-20-24)21-16(22-17)18-19-8-9-23(18)13-4-6-14(25-3)7-5-13/h4-10,12H,11H2,1-3H3,(H,21,22). The molecule has 0 saturated carbocycles. The molecule has 25 heavy (non-hydrogen) atoms. The van der Waals surface area contributed by atoms with Crippen LogP contribution >= 0.6 is 0 Å². The maximum absolute atomic E-state index is 5.22. The van der Waals surface area contributed by atoms with E-state index in [2.05, 4.69) is 28.9 Å². The average Bonchev–Trinajstić information content (AvgIpc) is 3.31. The monoisotopic (exact) mass is 336 g/mol. The molecule has 0 unspecified atom stereocenters. The molecular weight excluding hydrogens is 316 g/mol. The largest absolute Gasteiger partial charge is 0.497 e. The molecule has 0 fully saturated rings. The lowest BCUT2D eigenvalue weighted by molar-refractivity contribution is 0.415. The summed E-state index contributed by atoms with van der Waals surface area (Å²) in [5, 5.41) is 4.40. The van der Waals surface area contributed by atoms with Crippen LogP contribution in [-0.2, 0) is 6.54 Å². The highest BCUT2D eigenvalue weighted by Crippen LogP contribution is 2.23. The van der Waals surface area contributed by atoms with Crippen molar-refractivity contribution >= 4 is 11.2 Å². The molecule has 7 heteroatoms. The third kappa shape index (κ3) is 2.77. The van der Waals surface area contributed by atoms with E-state index in [1.165, 1.54) is 0 Å². The number of methoxy groups -OCH3 is 1. The number of fused-ring (bicyclic) bond motifs is 1. The highest BCUT2D eigenvalue weighted by molar-refractivity contribution is 5.74. The van der Waals surface area contributed by atoms with Crippen LogP contribution in [0.5, 0.6) is 5.75 Å². The van der Waals surface area contributed by atoms with Crippen molar-refractivity contribution < 1.29 is 4.74 Å². The third-order valence-electron chi connectivity index (χ3n) is 4.02. The number of aromatic amines is 1. The molecule has 3 aromatic heterocycles. The lowest BCUT2D eigenvalue weighted by atomic mass is 10.2. The lowest BCUT2D eigenvalue weighted by Gasteiger charge is -2.07. The van der Waals surface area contributed by atoms with E-state index in [0.717, 1.165) is 40.8 Å². The number of hydrogen-bond donors (Lipinski definition) is 1. The minimum Gasteiger partial charge on any atom is -0.497 e. The summed E-state index contributed by atoms with van der Waals surface area (Å²) in [4.78, 5) is 12.5. The van der Waals surface area contributed by atoms with Crippen molar-refractivity contribution in [1.29, 1.82) is 0 Å². The Labute approximate surface area is 145 Å². The Morgan fingerprint density at radius 1 is 1.20 bits per heavy atom. The maximum Gasteiger partial charge on any atom is 0.180 e. The molecule has 0 bridgehead atoms. The summed E-state index contributed by atoms with van der Waals surface area (Å²) in [6.45, 7) is 5.16. The van der Waals surface area contributed by atoms with Gasteiger partial charge in [-0.25, -0.2) is 14.6 Å². The van der Waals surface area contributed by atoms with Crippen LogP contribution in [0.3, 0.4) is 0 Å². The van der Waals surface area contributed by atoms with Gasteiger partial charge in [0.1, 0.15) is 11.3 Å². The van der Waals surface area contributed by atoms with E-state index in [4.69, 9.17) is 9.72 Å². The molecule has 4 rings (SSSR count). The predicted molar refractivity (Wildman–Crippen MR) is 95.8 cm³/mol. The van der Waals surface area contributed by atoms with Gasteiger partial charge in [-0.05, 0) is 30.2 Å². The van der Waals surface area contributed by atoms with Crippen molar-refractivity contribution in [2.24, 2.45) is 5.92 Å². The number of imidazole rings is 2. The van der Waals surface area contributed by atoms with Crippen molar-refractivity contribution in [1.82, 2.24) is 29.3 Å². The first-order valence-electron chi connectivity index (χ1n) is 8.25. The van der Waals surface area contributed by atoms with Gasteiger partial charge in [0.25, 0.3) is 0 Å². The van der Waals surface area contributed by atoms with Crippen molar-refractivity contribution in [3.63, 3.8) is 0 Å². The van der Waals surface area contributed by atoms with Gasteiger partial charge in [0.15, 0.2) is 17.3 Å². The van der Waals surface area contributed by atoms with Crippen LogP contribution in [0.25, 0.3) is 28.5 Å². The zero-order valence-corrected chi connectivity index (χ0v) is 14.5. The quantitative estimate of drug-likeness (QED) is 0.607. The normalized spacial score (nSPS) is 11.5. The van der Waals surface area contributed by atoms with Gasteiger partial charge in [0.05, 0.1) is 13.3 Å². The Hall–Kier alpha value is -3.09. The second-order valence-corrected chi connectivity index (χ2v) is 6.36. The molecule has 0 spiro atoms. The molecule has 0 aliphatic rings. The van der Waals surface area contributed by atoms with Crippen LogP contribution in [0.2, 0.25) is 0 Å². The summed E-state index contributed by atoms with van der Waals surface area (Å²) >= 11 is 0. The van der Waals surface area contributed by atoms with E-state index in [-0.39, 0.29) is 0 Å². The second-order valence-electron chi connectivity index (χ2n) is 6.36. The van der Waals surface area contributed by atoms with Gasteiger partial charge in [-0.1, -0.05) is 13.8 Å².